The van der Waals surface area contributed by atoms with Crippen LogP contribution >= 0.6 is 0 Å². The fraction of sp³-hybridized carbons (Fsp3) is 0.650. The van der Waals surface area contributed by atoms with E-state index in [-0.39, 0.29) is 17.9 Å². The van der Waals surface area contributed by atoms with E-state index in [1.165, 1.54) is 0 Å². The zero-order valence-electron chi connectivity index (χ0n) is 16.1. The molecule has 6 heteroatoms. The summed E-state index contributed by atoms with van der Waals surface area (Å²) in [6, 6.07) is 5.10. The number of carbonyl (C=O) groups is 1. The van der Waals surface area contributed by atoms with E-state index in [1.807, 2.05) is 25.1 Å². The third kappa shape index (κ3) is 5.61. The van der Waals surface area contributed by atoms with E-state index in [0.717, 1.165) is 37.0 Å². The van der Waals surface area contributed by atoms with Crippen LogP contribution in [0.4, 0.5) is 0 Å². The van der Waals surface area contributed by atoms with Gasteiger partial charge in [0.1, 0.15) is 0 Å². The van der Waals surface area contributed by atoms with E-state index in [2.05, 4.69) is 12.2 Å². The number of nitrogens with two attached hydrogens (primary N) is 1. The maximum absolute atomic E-state index is 12.5. The van der Waals surface area contributed by atoms with Gasteiger partial charge in [0.25, 0.3) is 0 Å². The first kappa shape index (κ1) is 20.5. The summed E-state index contributed by atoms with van der Waals surface area (Å²) in [4.78, 5) is 12.5. The number of rotatable bonds is 9. The fourth-order valence-electron chi connectivity index (χ4n) is 3.08. The maximum atomic E-state index is 12.5. The van der Waals surface area contributed by atoms with Gasteiger partial charge in [0.05, 0.1) is 25.8 Å². The molecular weight excluding hydrogens is 332 g/mol. The Balaban J connectivity index is 1.97. The molecular formula is C20H32N2O4. The second kappa shape index (κ2) is 10.4. The van der Waals surface area contributed by atoms with E-state index in [0.29, 0.717) is 25.6 Å². The maximum Gasteiger partial charge on any atom is 0.237 e. The average Bonchev–Trinajstić information content (AvgIpc) is 2.68. The molecule has 1 aromatic carbocycles. The number of hydrogen-bond acceptors (Lipinski definition) is 5. The summed E-state index contributed by atoms with van der Waals surface area (Å²) in [5.41, 5.74) is 7.11. The molecule has 1 aliphatic rings. The molecule has 0 saturated carbocycles. The number of hydrogen-bond donors (Lipinski definition) is 2. The van der Waals surface area contributed by atoms with Crippen LogP contribution in [0.2, 0.25) is 0 Å². The number of benzene rings is 1. The van der Waals surface area contributed by atoms with E-state index in [9.17, 15) is 4.79 Å². The molecule has 0 bridgehead atoms. The summed E-state index contributed by atoms with van der Waals surface area (Å²) in [6.45, 7) is 6.09. The van der Waals surface area contributed by atoms with Gasteiger partial charge in [-0.25, -0.2) is 0 Å². The van der Waals surface area contributed by atoms with Crippen LogP contribution < -0.4 is 20.5 Å². The van der Waals surface area contributed by atoms with Gasteiger partial charge >= 0.3 is 0 Å². The lowest BCUT2D eigenvalue weighted by Gasteiger charge is -2.28. The van der Waals surface area contributed by atoms with Crippen LogP contribution in [0, 0.1) is 5.92 Å². The van der Waals surface area contributed by atoms with E-state index in [4.69, 9.17) is 19.9 Å². The molecule has 3 N–H and O–H groups in total. The molecule has 146 valence electrons. The SMILES string of the molecule is CCCCOc1ccc(C(C)NC(=O)C(N)C2CCOCC2)cc1OC. The molecule has 1 amide bonds. The number of nitrogens with one attached hydrogen (secondary N) is 1. The molecule has 1 aromatic rings. The summed E-state index contributed by atoms with van der Waals surface area (Å²) < 4.78 is 16.5. The molecule has 0 aromatic heterocycles. The standard InChI is InChI=1S/C20H32N2O4/c1-4-5-10-26-17-7-6-16(13-18(17)24-3)14(2)22-20(23)19(21)15-8-11-25-12-9-15/h6-7,13-15,19H,4-5,8-12,21H2,1-3H3,(H,22,23). The first-order chi connectivity index (χ1) is 12.6. The number of ether oxygens (including phenoxy) is 3. The minimum absolute atomic E-state index is 0.119. The highest BCUT2D eigenvalue weighted by Crippen LogP contribution is 2.30. The van der Waals surface area contributed by atoms with Crippen molar-refractivity contribution >= 4 is 5.91 Å². The normalized spacial score (nSPS) is 17.4. The molecule has 2 rings (SSSR count). The Labute approximate surface area is 156 Å². The van der Waals surface area contributed by atoms with Gasteiger partial charge in [0.2, 0.25) is 5.91 Å². The summed E-state index contributed by atoms with van der Waals surface area (Å²) in [5, 5.41) is 3.02. The summed E-state index contributed by atoms with van der Waals surface area (Å²) in [7, 11) is 1.62. The Morgan fingerprint density at radius 2 is 2.08 bits per heavy atom. The lowest BCUT2D eigenvalue weighted by Crippen LogP contribution is -2.47. The first-order valence-corrected chi connectivity index (χ1v) is 9.51. The van der Waals surface area contributed by atoms with Crippen LogP contribution in [-0.2, 0) is 9.53 Å². The van der Waals surface area contributed by atoms with Crippen molar-refractivity contribution in [3.05, 3.63) is 23.8 Å². The van der Waals surface area contributed by atoms with Crippen molar-refractivity contribution in [2.24, 2.45) is 11.7 Å². The lowest BCUT2D eigenvalue weighted by atomic mass is 9.91. The summed E-state index contributed by atoms with van der Waals surface area (Å²) >= 11 is 0. The van der Waals surface area contributed by atoms with Gasteiger partial charge < -0.3 is 25.3 Å². The Hall–Kier alpha value is -1.79. The molecule has 2 unspecified atom stereocenters. The Morgan fingerprint density at radius 1 is 1.35 bits per heavy atom. The van der Waals surface area contributed by atoms with Gasteiger partial charge in [-0.1, -0.05) is 19.4 Å². The average molecular weight is 364 g/mol. The lowest BCUT2D eigenvalue weighted by molar-refractivity contribution is -0.125. The van der Waals surface area contributed by atoms with Crippen LogP contribution in [0.3, 0.4) is 0 Å². The Bertz CT molecular complexity index is 573. The van der Waals surface area contributed by atoms with Crippen LogP contribution in [0.25, 0.3) is 0 Å². The molecule has 26 heavy (non-hydrogen) atoms. The number of unbranched alkanes of at least 4 members (excludes halogenated alkanes) is 1. The van der Waals surface area contributed by atoms with Crippen molar-refractivity contribution in [1.82, 2.24) is 5.32 Å². The van der Waals surface area contributed by atoms with Gasteiger partial charge in [-0.3, -0.25) is 4.79 Å². The predicted octanol–water partition coefficient (Wildman–Crippen LogP) is 2.81. The van der Waals surface area contributed by atoms with Crippen LogP contribution in [0.15, 0.2) is 18.2 Å². The van der Waals surface area contributed by atoms with E-state index >= 15 is 0 Å². The number of amides is 1. The van der Waals surface area contributed by atoms with E-state index in [1.54, 1.807) is 7.11 Å². The van der Waals surface area contributed by atoms with Crippen molar-refractivity contribution in [2.75, 3.05) is 26.9 Å². The van der Waals surface area contributed by atoms with Gasteiger partial charge in [0, 0.05) is 13.2 Å². The molecule has 1 heterocycles. The van der Waals surface area contributed by atoms with Crippen LogP contribution in [-0.4, -0.2) is 38.9 Å². The molecule has 6 nitrogen and oxygen atoms in total. The topological polar surface area (TPSA) is 82.8 Å². The van der Waals surface area contributed by atoms with Crippen LogP contribution in [0.5, 0.6) is 11.5 Å². The second-order valence-corrected chi connectivity index (χ2v) is 6.82. The molecule has 0 aliphatic carbocycles. The number of methoxy groups -OCH3 is 1. The van der Waals surface area contributed by atoms with Gasteiger partial charge in [0.15, 0.2) is 11.5 Å². The van der Waals surface area contributed by atoms with Crippen LogP contribution in [0.1, 0.15) is 51.1 Å². The van der Waals surface area contributed by atoms with Gasteiger partial charge in [-0.05, 0) is 49.8 Å². The Kier molecular flexibility index (Phi) is 8.19. The molecule has 2 atom stereocenters. The molecule has 0 radical (unpaired) electrons. The molecule has 1 saturated heterocycles. The zero-order valence-corrected chi connectivity index (χ0v) is 16.1. The van der Waals surface area contributed by atoms with E-state index < -0.39 is 6.04 Å². The van der Waals surface area contributed by atoms with Crippen molar-refractivity contribution < 1.29 is 19.0 Å². The van der Waals surface area contributed by atoms with Crippen molar-refractivity contribution in [2.45, 2.75) is 51.6 Å². The third-order valence-electron chi connectivity index (χ3n) is 4.88. The number of carbonyl (C=O) groups excluding carboxylic acids is 1. The molecule has 1 aliphatic heterocycles. The zero-order chi connectivity index (χ0) is 18.9. The Morgan fingerprint density at radius 3 is 2.73 bits per heavy atom. The molecule has 0 spiro atoms. The summed E-state index contributed by atoms with van der Waals surface area (Å²) in [6.07, 6.45) is 3.75. The minimum atomic E-state index is -0.500. The van der Waals surface area contributed by atoms with Gasteiger partial charge in [-0.2, -0.15) is 0 Å². The fourth-order valence-corrected chi connectivity index (χ4v) is 3.08. The highest BCUT2D eigenvalue weighted by molar-refractivity contribution is 5.82. The highest BCUT2D eigenvalue weighted by atomic mass is 16.5. The first-order valence-electron chi connectivity index (χ1n) is 9.51. The minimum Gasteiger partial charge on any atom is -0.493 e. The highest BCUT2D eigenvalue weighted by Gasteiger charge is 2.27. The second-order valence-electron chi connectivity index (χ2n) is 6.82. The monoisotopic (exact) mass is 364 g/mol. The van der Waals surface area contributed by atoms with Crippen molar-refractivity contribution in [1.29, 1.82) is 0 Å². The smallest absolute Gasteiger partial charge is 0.237 e. The molecule has 1 fully saturated rings. The largest absolute Gasteiger partial charge is 0.493 e. The van der Waals surface area contributed by atoms with Crippen molar-refractivity contribution in [3.8, 4) is 11.5 Å². The third-order valence-corrected chi connectivity index (χ3v) is 4.88. The quantitative estimate of drug-likeness (QED) is 0.659. The summed E-state index contributed by atoms with van der Waals surface area (Å²) in [5.74, 6) is 1.46. The van der Waals surface area contributed by atoms with Crippen molar-refractivity contribution in [3.63, 3.8) is 0 Å². The predicted molar refractivity (Wildman–Crippen MR) is 101 cm³/mol. The van der Waals surface area contributed by atoms with Gasteiger partial charge in [-0.15, -0.1) is 0 Å².